The number of hydrogen-bond donors (Lipinski definition) is 1. The number of rotatable bonds is 7. The molecule has 0 aromatic heterocycles. The summed E-state index contributed by atoms with van der Waals surface area (Å²) in [4.78, 5) is 23.3. The molecule has 0 radical (unpaired) electrons. The van der Waals surface area contributed by atoms with Crippen LogP contribution in [0.4, 0.5) is 4.79 Å². The monoisotopic (exact) mass is 421 g/mol. The number of carboxylic acids is 1. The Labute approximate surface area is 215 Å². The van der Waals surface area contributed by atoms with Crippen molar-refractivity contribution < 1.29 is 70.8 Å². The van der Waals surface area contributed by atoms with E-state index in [-0.39, 0.29) is 63.8 Å². The van der Waals surface area contributed by atoms with Crippen LogP contribution in [-0.2, 0) is 16.0 Å². The third kappa shape index (κ3) is 9.44. The summed E-state index contributed by atoms with van der Waals surface area (Å²) >= 11 is 0. The van der Waals surface area contributed by atoms with Crippen LogP contribution in [0.25, 0.3) is 11.1 Å². The average molecular weight is 422 g/mol. The fourth-order valence-electron chi connectivity index (χ4n) is 2.94. The van der Waals surface area contributed by atoms with Crippen molar-refractivity contribution in [3.8, 4) is 11.1 Å². The maximum Gasteiger partial charge on any atom is 1.00 e. The quantitative estimate of drug-likeness (QED) is 0.663. The molecule has 2 aromatic rings. The van der Waals surface area contributed by atoms with Gasteiger partial charge >= 0.3 is 57.5 Å². The summed E-state index contributed by atoms with van der Waals surface area (Å²) in [6.45, 7) is 6.94. The van der Waals surface area contributed by atoms with Crippen LogP contribution in [0.5, 0.6) is 0 Å². The summed E-state index contributed by atoms with van der Waals surface area (Å²) in [5.41, 5.74) is 2.62. The predicted octanol–water partition coefficient (Wildman–Crippen LogP) is 0.570. The first-order valence-corrected chi connectivity index (χ1v) is 9.49. The fourth-order valence-corrected chi connectivity index (χ4v) is 2.94. The molecule has 0 aliphatic heterocycles. The second-order valence-electron chi connectivity index (χ2n) is 8.07. The summed E-state index contributed by atoms with van der Waals surface area (Å²) in [5, 5.41) is 14.0. The van der Waals surface area contributed by atoms with E-state index in [4.69, 9.17) is 4.74 Å². The van der Waals surface area contributed by atoms with Gasteiger partial charge in [0.1, 0.15) is 5.60 Å². The summed E-state index contributed by atoms with van der Waals surface area (Å²) in [7, 11) is 0. The van der Waals surface area contributed by atoms with Crippen LogP contribution in [0.3, 0.4) is 0 Å². The van der Waals surface area contributed by atoms with Gasteiger partial charge in [-0.25, -0.2) is 4.79 Å². The van der Waals surface area contributed by atoms with Crippen molar-refractivity contribution >= 4 is 12.1 Å². The van der Waals surface area contributed by atoms with Gasteiger partial charge < -0.3 is 20.0 Å². The number of hydrogen-bond acceptors (Lipinski definition) is 4. The molecule has 0 heterocycles. The molecule has 150 valence electrons. The molecule has 1 amide bonds. The van der Waals surface area contributed by atoms with Gasteiger partial charge in [-0.1, -0.05) is 61.5 Å². The second-order valence-corrected chi connectivity index (χ2v) is 8.07. The van der Waals surface area contributed by atoms with Gasteiger partial charge in [0.2, 0.25) is 0 Å². The van der Waals surface area contributed by atoms with Gasteiger partial charge in [0.25, 0.3) is 0 Å². The number of carbonyl (C=O) groups excluding carboxylic acids is 2. The number of carboxylic acid groups (broad SMARTS) is 1. The summed E-state index contributed by atoms with van der Waals surface area (Å²) in [5.74, 6) is -1.81. The number of nitrogens with one attached hydrogen (secondary N) is 1. The Kier molecular flexibility index (Phi) is 10.6. The minimum atomic E-state index is -1.13. The Hall–Kier alpha value is -1.18. The number of amides is 1. The average Bonchev–Trinajstić information content (AvgIpc) is 2.61. The molecule has 2 atom stereocenters. The molecule has 0 bridgehead atoms. The first kappa shape index (κ1) is 25.9. The van der Waals surface area contributed by atoms with Crippen molar-refractivity contribution in [2.75, 3.05) is 0 Å². The maximum atomic E-state index is 12.2. The summed E-state index contributed by atoms with van der Waals surface area (Å²) < 4.78 is 5.31. The van der Waals surface area contributed by atoms with E-state index >= 15 is 0 Å². The molecule has 0 saturated carbocycles. The SMILES string of the molecule is C[C@@H](C[C@@H](Cc1ccc(-c2ccccc2)cc1)NC(=O)OC(C)(C)C)C(=O)[O-].[K+]. The molecule has 0 spiro atoms. The van der Waals surface area contributed by atoms with Gasteiger partial charge in [-0.15, -0.1) is 0 Å². The van der Waals surface area contributed by atoms with Gasteiger partial charge in [0.05, 0.1) is 0 Å². The molecule has 2 aromatic carbocycles. The van der Waals surface area contributed by atoms with Crippen LogP contribution in [0, 0.1) is 5.92 Å². The summed E-state index contributed by atoms with van der Waals surface area (Å²) in [6.07, 6.45) is 0.220. The van der Waals surface area contributed by atoms with Gasteiger partial charge in [-0.2, -0.15) is 0 Å². The van der Waals surface area contributed by atoms with Gasteiger partial charge in [-0.05, 0) is 56.2 Å². The number of alkyl carbamates (subject to hydrolysis) is 1. The van der Waals surface area contributed by atoms with Crippen LogP contribution >= 0.6 is 0 Å². The Morgan fingerprint density at radius 1 is 1.00 bits per heavy atom. The predicted molar refractivity (Wildman–Crippen MR) is 108 cm³/mol. The number of aliphatic carboxylic acids is 1. The van der Waals surface area contributed by atoms with E-state index in [1.807, 2.05) is 54.6 Å². The van der Waals surface area contributed by atoms with Crippen LogP contribution in [-0.4, -0.2) is 23.7 Å². The molecule has 0 aliphatic rings. The van der Waals surface area contributed by atoms with E-state index in [2.05, 4.69) is 5.32 Å². The first-order chi connectivity index (χ1) is 13.1. The Balaban J connectivity index is 0.00000420. The van der Waals surface area contributed by atoms with E-state index in [0.29, 0.717) is 6.42 Å². The molecular weight excluding hydrogens is 393 g/mol. The number of benzene rings is 2. The van der Waals surface area contributed by atoms with Crippen LogP contribution in [0.15, 0.2) is 54.6 Å². The molecule has 0 unspecified atom stereocenters. The largest absolute Gasteiger partial charge is 1.00 e. The molecular formula is C23H28KNO4. The van der Waals surface area contributed by atoms with Crippen LogP contribution in [0.1, 0.15) is 39.7 Å². The zero-order valence-corrected chi connectivity index (χ0v) is 21.0. The van der Waals surface area contributed by atoms with Gasteiger partial charge in [-0.3, -0.25) is 0 Å². The molecule has 29 heavy (non-hydrogen) atoms. The fraction of sp³-hybridized carbons (Fsp3) is 0.391. The minimum absolute atomic E-state index is 0. The molecule has 0 saturated heterocycles. The van der Waals surface area contributed by atoms with Crippen molar-refractivity contribution in [1.82, 2.24) is 5.32 Å². The molecule has 0 fully saturated rings. The Morgan fingerprint density at radius 3 is 2.07 bits per heavy atom. The first-order valence-electron chi connectivity index (χ1n) is 9.49. The zero-order valence-electron chi connectivity index (χ0n) is 17.9. The van der Waals surface area contributed by atoms with E-state index in [9.17, 15) is 14.7 Å². The smallest absolute Gasteiger partial charge is 0.550 e. The van der Waals surface area contributed by atoms with E-state index in [1.54, 1.807) is 27.7 Å². The number of ether oxygens (including phenoxy) is 1. The normalized spacial score (nSPS) is 13.0. The minimum Gasteiger partial charge on any atom is -0.550 e. The maximum absolute atomic E-state index is 12.2. The standard InChI is InChI=1S/C23H29NO4.K/c1-16(21(25)26)14-20(24-22(27)28-23(2,3)4)15-17-10-12-19(13-11-17)18-8-6-5-7-9-18;/h5-13,16,20H,14-15H2,1-4H3,(H,24,27)(H,25,26);/q;+1/p-1/t16-,20-;/m0./s1. The van der Waals surface area contributed by atoms with E-state index < -0.39 is 23.6 Å². The van der Waals surface area contributed by atoms with Crippen LogP contribution < -0.4 is 61.8 Å². The van der Waals surface area contributed by atoms with Crippen molar-refractivity contribution in [3.05, 3.63) is 60.2 Å². The molecule has 6 heteroatoms. The topological polar surface area (TPSA) is 78.5 Å². The third-order valence-corrected chi connectivity index (χ3v) is 4.30. The third-order valence-electron chi connectivity index (χ3n) is 4.30. The van der Waals surface area contributed by atoms with Crippen molar-refractivity contribution in [2.24, 2.45) is 5.92 Å². The van der Waals surface area contributed by atoms with Crippen molar-refractivity contribution in [2.45, 2.75) is 52.2 Å². The molecule has 0 aliphatic carbocycles. The Morgan fingerprint density at radius 2 is 1.55 bits per heavy atom. The van der Waals surface area contributed by atoms with Gasteiger partial charge in [0, 0.05) is 12.0 Å². The summed E-state index contributed by atoms with van der Waals surface area (Å²) in [6, 6.07) is 17.7. The van der Waals surface area contributed by atoms with E-state index in [1.165, 1.54) is 0 Å². The second kappa shape index (κ2) is 11.9. The molecule has 5 nitrogen and oxygen atoms in total. The van der Waals surface area contributed by atoms with Gasteiger partial charge in [0.15, 0.2) is 0 Å². The Bertz CT molecular complexity index is 785. The zero-order chi connectivity index (χ0) is 20.7. The van der Waals surface area contributed by atoms with E-state index in [0.717, 1.165) is 16.7 Å². The van der Waals surface area contributed by atoms with Crippen molar-refractivity contribution in [1.29, 1.82) is 0 Å². The molecule has 2 rings (SSSR count). The van der Waals surface area contributed by atoms with Crippen LogP contribution in [0.2, 0.25) is 0 Å². The molecule has 1 N–H and O–H groups in total. The number of carbonyl (C=O) groups is 2. The van der Waals surface area contributed by atoms with Crippen molar-refractivity contribution in [3.63, 3.8) is 0 Å².